The Hall–Kier alpha value is -0.313. The molecule has 42 valence electrons. The minimum atomic E-state index is 0.0648. The highest BCUT2D eigenvalue weighted by Gasteiger charge is 1.84. The Morgan fingerprint density at radius 3 is 2.57 bits per heavy atom. The fourth-order valence-corrected chi connectivity index (χ4v) is 1.24. The quantitative estimate of drug-likeness (QED) is 0.242. The molecule has 0 aliphatic carbocycles. The Balaban J connectivity index is 3.17. The number of hydrogen-bond acceptors (Lipinski definition) is 2. The third-order valence-corrected chi connectivity index (χ3v) is 2.01. The van der Waals surface area contributed by atoms with Crippen LogP contribution in [0.5, 0.6) is 0 Å². The van der Waals surface area contributed by atoms with Gasteiger partial charge in [0, 0.05) is 9.52 Å². The Labute approximate surface area is 46.1 Å². The van der Waals surface area contributed by atoms with Crippen molar-refractivity contribution in [3.05, 3.63) is 0 Å². The smallest absolute Gasteiger partial charge is 0.0508 e. The molecular formula is C4H11NOSi. The molecule has 0 fully saturated rings. The van der Waals surface area contributed by atoms with Crippen LogP contribution in [-0.4, -0.2) is 20.4 Å². The molecule has 0 saturated heterocycles. The summed E-state index contributed by atoms with van der Waals surface area (Å²) in [6.07, 6.45) is 0. The van der Waals surface area contributed by atoms with Gasteiger partial charge in [-0.05, 0) is 13.0 Å². The first-order valence-corrected chi connectivity index (χ1v) is 4.90. The first kappa shape index (κ1) is 6.69. The van der Waals surface area contributed by atoms with E-state index in [1.54, 1.807) is 0 Å². The second-order valence-corrected chi connectivity index (χ2v) is 3.09. The largest absolute Gasteiger partial charge is 0.411 e. The van der Waals surface area contributed by atoms with E-state index in [-0.39, 0.29) is 9.52 Å². The van der Waals surface area contributed by atoms with Crippen molar-refractivity contribution in [1.29, 1.82) is 0 Å². The van der Waals surface area contributed by atoms with Gasteiger partial charge >= 0.3 is 0 Å². The van der Waals surface area contributed by atoms with Crippen molar-refractivity contribution in [2.45, 2.75) is 19.5 Å². The molecule has 0 aromatic heterocycles. The van der Waals surface area contributed by atoms with E-state index in [0.29, 0.717) is 0 Å². The van der Waals surface area contributed by atoms with Crippen LogP contribution < -0.4 is 0 Å². The van der Waals surface area contributed by atoms with Gasteiger partial charge in [-0.1, -0.05) is 11.7 Å². The molecule has 0 bridgehead atoms. The van der Waals surface area contributed by atoms with E-state index in [4.69, 9.17) is 5.21 Å². The van der Waals surface area contributed by atoms with Gasteiger partial charge in [0.2, 0.25) is 0 Å². The molecular weight excluding hydrogens is 106 g/mol. The summed E-state index contributed by atoms with van der Waals surface area (Å²) >= 11 is 0. The second kappa shape index (κ2) is 3.86. The monoisotopic (exact) mass is 117 g/mol. The van der Waals surface area contributed by atoms with Crippen LogP contribution in [0.1, 0.15) is 6.92 Å². The highest BCUT2D eigenvalue weighted by Crippen LogP contribution is 1.81. The van der Waals surface area contributed by atoms with Crippen molar-refractivity contribution < 1.29 is 5.21 Å². The third-order valence-electron chi connectivity index (χ3n) is 0.783. The first-order chi connectivity index (χ1) is 3.31. The molecule has 0 aromatic rings. The van der Waals surface area contributed by atoms with Crippen LogP contribution in [0.15, 0.2) is 5.16 Å². The van der Waals surface area contributed by atoms with Gasteiger partial charge in [0.1, 0.15) is 0 Å². The zero-order chi connectivity index (χ0) is 5.70. The predicted octanol–water partition coefficient (Wildman–Crippen LogP) is 0.472. The topological polar surface area (TPSA) is 32.6 Å². The van der Waals surface area contributed by atoms with Gasteiger partial charge in [0.05, 0.1) is 5.71 Å². The first-order valence-electron chi connectivity index (χ1n) is 2.48. The lowest BCUT2D eigenvalue weighted by Gasteiger charge is -1.87. The van der Waals surface area contributed by atoms with Crippen LogP contribution >= 0.6 is 0 Å². The molecule has 3 heteroatoms. The maximum atomic E-state index is 8.08. The molecule has 0 rings (SSSR count). The van der Waals surface area contributed by atoms with Gasteiger partial charge in [-0.15, -0.1) is 0 Å². The molecule has 0 amide bonds. The Kier molecular flexibility index (Phi) is 3.69. The van der Waals surface area contributed by atoms with Crippen molar-refractivity contribution in [2.24, 2.45) is 5.16 Å². The molecule has 2 nitrogen and oxygen atoms in total. The zero-order valence-electron chi connectivity index (χ0n) is 4.81. The fraction of sp³-hybridized carbons (Fsp3) is 0.750. The van der Waals surface area contributed by atoms with Crippen molar-refractivity contribution in [3.63, 3.8) is 0 Å². The maximum Gasteiger partial charge on any atom is 0.0508 e. The van der Waals surface area contributed by atoms with E-state index >= 15 is 0 Å². The van der Waals surface area contributed by atoms with Crippen LogP contribution in [0.4, 0.5) is 0 Å². The van der Waals surface area contributed by atoms with Crippen molar-refractivity contribution >= 4 is 15.2 Å². The van der Waals surface area contributed by atoms with Crippen LogP contribution in [-0.2, 0) is 0 Å². The minimum Gasteiger partial charge on any atom is -0.411 e. The normalized spacial score (nSPS) is 13.7. The SMILES string of the molecule is C[SiH2]CC(C)=NO. The average Bonchev–Trinajstić information content (AvgIpc) is 1.68. The molecule has 0 radical (unpaired) electrons. The molecule has 0 aromatic carbocycles. The molecule has 0 spiro atoms. The molecule has 0 heterocycles. The van der Waals surface area contributed by atoms with E-state index in [1.165, 1.54) is 0 Å². The van der Waals surface area contributed by atoms with Gasteiger partial charge in [0.15, 0.2) is 0 Å². The van der Waals surface area contributed by atoms with Crippen LogP contribution in [0.25, 0.3) is 0 Å². The summed E-state index contributed by atoms with van der Waals surface area (Å²) in [4.78, 5) is 0. The lowest BCUT2D eigenvalue weighted by Crippen LogP contribution is -1.92. The maximum absolute atomic E-state index is 8.08. The summed E-state index contributed by atoms with van der Waals surface area (Å²) in [6, 6.07) is 1.04. The Bertz CT molecular complexity index is 72.1. The van der Waals surface area contributed by atoms with E-state index in [9.17, 15) is 0 Å². The Morgan fingerprint density at radius 1 is 1.86 bits per heavy atom. The van der Waals surface area contributed by atoms with Crippen LogP contribution in [0.2, 0.25) is 12.6 Å². The lowest BCUT2D eigenvalue weighted by molar-refractivity contribution is 0.318. The summed E-state index contributed by atoms with van der Waals surface area (Å²) in [7, 11) is 0.0648. The Morgan fingerprint density at radius 2 is 2.43 bits per heavy atom. The zero-order valence-corrected chi connectivity index (χ0v) is 6.22. The summed E-state index contributed by atoms with van der Waals surface area (Å²) < 4.78 is 0. The van der Waals surface area contributed by atoms with Crippen molar-refractivity contribution in [3.8, 4) is 0 Å². The van der Waals surface area contributed by atoms with Crippen LogP contribution in [0, 0.1) is 0 Å². The van der Waals surface area contributed by atoms with Gasteiger partial charge in [0.25, 0.3) is 0 Å². The summed E-state index contributed by atoms with van der Waals surface area (Å²) in [5.41, 5.74) is 0.870. The van der Waals surface area contributed by atoms with E-state index in [1.807, 2.05) is 6.92 Å². The van der Waals surface area contributed by atoms with Crippen LogP contribution in [0.3, 0.4) is 0 Å². The van der Waals surface area contributed by atoms with Gasteiger partial charge < -0.3 is 5.21 Å². The van der Waals surface area contributed by atoms with Gasteiger partial charge in [-0.25, -0.2) is 0 Å². The van der Waals surface area contributed by atoms with Crippen molar-refractivity contribution in [1.82, 2.24) is 0 Å². The molecule has 0 aliphatic heterocycles. The third kappa shape index (κ3) is 3.52. The number of nitrogens with zero attached hydrogens (tertiary/aromatic N) is 1. The molecule has 7 heavy (non-hydrogen) atoms. The number of oxime groups is 1. The highest BCUT2D eigenvalue weighted by molar-refractivity contribution is 6.40. The summed E-state index contributed by atoms with van der Waals surface area (Å²) in [5, 5.41) is 11.1. The van der Waals surface area contributed by atoms with Gasteiger partial charge in [-0.2, -0.15) is 0 Å². The van der Waals surface area contributed by atoms with Crippen molar-refractivity contribution in [2.75, 3.05) is 0 Å². The molecule has 0 unspecified atom stereocenters. The predicted molar refractivity (Wildman–Crippen MR) is 34.1 cm³/mol. The van der Waals surface area contributed by atoms with E-state index < -0.39 is 0 Å². The van der Waals surface area contributed by atoms with E-state index in [0.717, 1.165) is 11.8 Å². The average molecular weight is 117 g/mol. The summed E-state index contributed by atoms with van der Waals surface area (Å²) in [6.45, 7) is 4.03. The minimum absolute atomic E-state index is 0.0648. The van der Waals surface area contributed by atoms with Gasteiger partial charge in [-0.3, -0.25) is 0 Å². The highest BCUT2D eigenvalue weighted by atomic mass is 28.2. The molecule has 0 atom stereocenters. The summed E-state index contributed by atoms with van der Waals surface area (Å²) in [5.74, 6) is 0. The number of hydrogen-bond donors (Lipinski definition) is 1. The molecule has 0 aliphatic rings. The standard InChI is InChI=1S/C4H11NOSi/c1-4(5-6)3-7-2/h6H,3,7H2,1-2H3. The number of rotatable bonds is 2. The molecule has 1 N–H and O–H groups in total. The second-order valence-electron chi connectivity index (χ2n) is 1.59. The fourth-order valence-electron chi connectivity index (χ4n) is 0.412. The van der Waals surface area contributed by atoms with E-state index in [2.05, 4.69) is 11.7 Å². The molecule has 0 saturated carbocycles. The lowest BCUT2D eigenvalue weighted by atomic mass is 10.5.